The van der Waals surface area contributed by atoms with Crippen LogP contribution in [0.25, 0.3) is 0 Å². The van der Waals surface area contributed by atoms with Gasteiger partial charge in [-0.15, -0.1) is 0 Å². The number of hydrogen-bond donors (Lipinski definition) is 3. The molecule has 4 heterocycles. The molecular formula is C23H27FN8O2. The second-order valence-electron chi connectivity index (χ2n) is 9.03. The Labute approximate surface area is 196 Å². The lowest BCUT2D eigenvalue weighted by Gasteiger charge is -2.24. The summed E-state index contributed by atoms with van der Waals surface area (Å²) in [6.07, 6.45) is 5.39. The lowest BCUT2D eigenvalue weighted by molar-refractivity contribution is -0.651. The van der Waals surface area contributed by atoms with E-state index < -0.39 is 12.0 Å². The van der Waals surface area contributed by atoms with Gasteiger partial charge in [0, 0.05) is 12.1 Å². The molecule has 10 nitrogen and oxygen atoms in total. The van der Waals surface area contributed by atoms with Crippen LogP contribution in [-0.2, 0) is 17.6 Å². The lowest BCUT2D eigenvalue weighted by atomic mass is 10.1. The summed E-state index contributed by atoms with van der Waals surface area (Å²) < 4.78 is 13.1. The number of carbonyl (C=O) groups is 1. The van der Waals surface area contributed by atoms with Crippen molar-refractivity contribution in [3.8, 4) is 0 Å². The number of halogens is 1. The minimum atomic E-state index is -0.602. The third-order valence-corrected chi connectivity index (χ3v) is 6.34. The van der Waals surface area contributed by atoms with Crippen LogP contribution in [0.3, 0.4) is 0 Å². The zero-order chi connectivity index (χ0) is 23.8. The summed E-state index contributed by atoms with van der Waals surface area (Å²) in [5.41, 5.74) is 3.21. The molecule has 1 atom stereocenters. The highest BCUT2D eigenvalue weighted by Gasteiger charge is 2.34. The standard InChI is InChI=1S/C23H27FN8O2/c1-13(2)17-11-20(32(34)30-17)28-21-15-5-3-6-16(15)27-23(29-21)31-10-4-7-18(31)22(33)26-14-8-9-19(24)25-12-14/h8-9,11-13,18,30H,3-7,10H2,1-2H3,(H,26,33)(H,27,28,29). The molecule has 0 bridgehead atoms. The van der Waals surface area contributed by atoms with E-state index in [0.29, 0.717) is 41.1 Å². The molecule has 34 heavy (non-hydrogen) atoms. The molecule has 5 rings (SSSR count). The van der Waals surface area contributed by atoms with Crippen LogP contribution in [-0.4, -0.2) is 38.5 Å². The van der Waals surface area contributed by atoms with Crippen molar-refractivity contribution in [1.82, 2.24) is 20.1 Å². The summed E-state index contributed by atoms with van der Waals surface area (Å²) in [5.74, 6) is 0.813. The number of rotatable bonds is 6. The zero-order valence-corrected chi connectivity index (χ0v) is 19.1. The number of aryl methyl sites for hydroxylation is 1. The van der Waals surface area contributed by atoms with Crippen LogP contribution in [0.1, 0.15) is 56.0 Å². The molecule has 0 aromatic carbocycles. The lowest BCUT2D eigenvalue weighted by Crippen LogP contribution is -2.41. The van der Waals surface area contributed by atoms with Crippen LogP contribution < -0.4 is 20.4 Å². The minimum Gasteiger partial charge on any atom is -0.692 e. The molecule has 1 unspecified atom stereocenters. The van der Waals surface area contributed by atoms with E-state index in [1.807, 2.05) is 18.7 Å². The normalized spacial score (nSPS) is 17.3. The summed E-state index contributed by atoms with van der Waals surface area (Å²) >= 11 is 0. The van der Waals surface area contributed by atoms with Crippen molar-refractivity contribution in [2.45, 2.75) is 57.9 Å². The van der Waals surface area contributed by atoms with Crippen molar-refractivity contribution in [2.24, 2.45) is 0 Å². The van der Waals surface area contributed by atoms with Gasteiger partial charge in [-0.25, -0.2) is 20.4 Å². The van der Waals surface area contributed by atoms with Gasteiger partial charge in [0.05, 0.1) is 29.3 Å². The number of aromatic nitrogens is 5. The number of pyridine rings is 1. The molecule has 1 amide bonds. The maximum absolute atomic E-state index is 13.1. The molecule has 0 spiro atoms. The number of H-pyrrole nitrogens is 1. The molecular weight excluding hydrogens is 439 g/mol. The molecule has 3 aromatic rings. The van der Waals surface area contributed by atoms with Crippen LogP contribution in [0.4, 0.5) is 27.7 Å². The molecule has 1 aliphatic carbocycles. The number of carbonyl (C=O) groups excluding carboxylic acids is 1. The predicted molar refractivity (Wildman–Crippen MR) is 124 cm³/mol. The van der Waals surface area contributed by atoms with E-state index in [1.54, 1.807) is 6.07 Å². The van der Waals surface area contributed by atoms with Gasteiger partial charge in [-0.1, -0.05) is 13.8 Å². The average molecular weight is 467 g/mol. The fourth-order valence-electron chi connectivity index (χ4n) is 4.52. The van der Waals surface area contributed by atoms with E-state index in [-0.39, 0.29) is 11.8 Å². The summed E-state index contributed by atoms with van der Waals surface area (Å²) in [6, 6.07) is 4.02. The van der Waals surface area contributed by atoms with E-state index >= 15 is 0 Å². The summed E-state index contributed by atoms with van der Waals surface area (Å²) in [5, 5.41) is 21.2. The second-order valence-corrected chi connectivity index (χ2v) is 9.03. The first-order chi connectivity index (χ1) is 16.4. The minimum absolute atomic E-state index is 0.183. The molecule has 178 valence electrons. The number of nitrogens with zero attached hydrogens (tertiary/aromatic N) is 5. The molecule has 1 fully saturated rings. The molecule has 0 radical (unpaired) electrons. The van der Waals surface area contributed by atoms with Gasteiger partial charge in [-0.3, -0.25) is 4.79 Å². The van der Waals surface area contributed by atoms with Gasteiger partial charge in [-0.2, -0.15) is 14.2 Å². The van der Waals surface area contributed by atoms with Crippen molar-refractivity contribution in [2.75, 3.05) is 22.1 Å². The van der Waals surface area contributed by atoms with Gasteiger partial charge in [0.15, 0.2) is 0 Å². The first-order valence-electron chi connectivity index (χ1n) is 11.6. The van der Waals surface area contributed by atoms with Crippen LogP contribution >= 0.6 is 0 Å². The maximum atomic E-state index is 13.1. The SMILES string of the molecule is CC(C)c1cc(Nc2nc(N3CCCC3C(=O)Nc3ccc(F)nc3)nc3c2CCC3)[n+]([O-])[nH]1. The Balaban J connectivity index is 1.42. The third kappa shape index (κ3) is 4.25. The van der Waals surface area contributed by atoms with Crippen LogP contribution in [0, 0.1) is 11.2 Å². The average Bonchev–Trinajstić information content (AvgIpc) is 3.55. The van der Waals surface area contributed by atoms with E-state index in [2.05, 4.69) is 20.7 Å². The van der Waals surface area contributed by atoms with Gasteiger partial charge in [0.2, 0.25) is 23.6 Å². The number of nitrogens with one attached hydrogen (secondary N) is 3. The van der Waals surface area contributed by atoms with Gasteiger partial charge < -0.3 is 15.4 Å². The Hall–Kier alpha value is -3.76. The first-order valence-corrected chi connectivity index (χ1v) is 11.6. The Morgan fingerprint density at radius 3 is 2.88 bits per heavy atom. The Kier molecular flexibility index (Phi) is 5.76. The largest absolute Gasteiger partial charge is 0.692 e. The summed E-state index contributed by atoms with van der Waals surface area (Å²) in [7, 11) is 0. The van der Waals surface area contributed by atoms with E-state index in [9.17, 15) is 14.4 Å². The number of amides is 1. The Bertz CT molecular complexity index is 1210. The Morgan fingerprint density at radius 1 is 1.29 bits per heavy atom. The van der Waals surface area contributed by atoms with Gasteiger partial charge in [0.25, 0.3) is 0 Å². The van der Waals surface area contributed by atoms with E-state index in [4.69, 9.17) is 9.97 Å². The molecule has 0 saturated carbocycles. The van der Waals surface area contributed by atoms with Gasteiger partial charge in [-0.05, 0) is 50.2 Å². The predicted octanol–water partition coefficient (Wildman–Crippen LogP) is 2.94. The number of hydrogen-bond acceptors (Lipinski definition) is 7. The van der Waals surface area contributed by atoms with Crippen LogP contribution in [0.2, 0.25) is 0 Å². The van der Waals surface area contributed by atoms with Crippen LogP contribution in [0.15, 0.2) is 24.4 Å². The molecule has 3 aromatic heterocycles. The zero-order valence-electron chi connectivity index (χ0n) is 19.1. The van der Waals surface area contributed by atoms with E-state index in [0.717, 1.165) is 42.6 Å². The third-order valence-electron chi connectivity index (χ3n) is 6.34. The second kappa shape index (κ2) is 8.88. The quantitative estimate of drug-likeness (QED) is 0.290. The molecule has 3 N–H and O–H groups in total. The fourth-order valence-corrected chi connectivity index (χ4v) is 4.52. The Morgan fingerprint density at radius 2 is 2.15 bits per heavy atom. The molecule has 1 saturated heterocycles. The highest BCUT2D eigenvalue weighted by Crippen LogP contribution is 2.32. The van der Waals surface area contributed by atoms with Gasteiger partial charge in [0.1, 0.15) is 6.04 Å². The van der Waals surface area contributed by atoms with Crippen molar-refractivity contribution in [1.29, 1.82) is 0 Å². The van der Waals surface area contributed by atoms with E-state index in [1.165, 1.54) is 18.3 Å². The van der Waals surface area contributed by atoms with Crippen molar-refractivity contribution in [3.63, 3.8) is 0 Å². The molecule has 11 heteroatoms. The fraction of sp³-hybridized carbons (Fsp3) is 0.435. The molecule has 2 aliphatic rings. The maximum Gasteiger partial charge on any atom is 0.305 e. The molecule has 1 aliphatic heterocycles. The first kappa shape index (κ1) is 22.1. The number of aromatic amines is 1. The monoisotopic (exact) mass is 466 g/mol. The smallest absolute Gasteiger partial charge is 0.305 e. The van der Waals surface area contributed by atoms with Crippen LogP contribution in [0.5, 0.6) is 0 Å². The van der Waals surface area contributed by atoms with Gasteiger partial charge >= 0.3 is 5.82 Å². The van der Waals surface area contributed by atoms with Crippen molar-refractivity contribution in [3.05, 3.63) is 52.5 Å². The highest BCUT2D eigenvalue weighted by molar-refractivity contribution is 5.96. The number of anilines is 4. The topological polar surface area (TPSA) is 126 Å². The van der Waals surface area contributed by atoms with Crippen molar-refractivity contribution < 1.29 is 14.0 Å². The number of fused-ring (bicyclic) bond motifs is 1. The van der Waals surface area contributed by atoms with Crippen molar-refractivity contribution >= 4 is 29.2 Å². The summed E-state index contributed by atoms with van der Waals surface area (Å²) in [4.78, 5) is 28.8. The highest BCUT2D eigenvalue weighted by atomic mass is 19.1. The summed E-state index contributed by atoms with van der Waals surface area (Å²) in [6.45, 7) is 4.66.